The van der Waals surface area contributed by atoms with Gasteiger partial charge in [0.25, 0.3) is 0 Å². The third kappa shape index (κ3) is 1.86. The fraction of sp³-hybridized carbons (Fsp3) is 0.462. The summed E-state index contributed by atoms with van der Waals surface area (Å²) in [5.74, 6) is -0.907. The van der Waals surface area contributed by atoms with E-state index in [4.69, 9.17) is 0 Å². The molecule has 16 heavy (non-hydrogen) atoms. The molecule has 1 fully saturated rings. The van der Waals surface area contributed by atoms with Crippen molar-refractivity contribution in [2.45, 2.75) is 32.6 Å². The number of carbonyl (C=O) groups is 1. The standard InChI is InChI=1S/C13H14F2O/c1-7-3-9(4-7)11-5-10(8(2)16)12(14)6-13(11)15/h5-7,9H,3-4H2,1-2H3. The number of benzene rings is 1. The van der Waals surface area contributed by atoms with Gasteiger partial charge in [-0.2, -0.15) is 0 Å². The Morgan fingerprint density at radius 1 is 1.25 bits per heavy atom. The van der Waals surface area contributed by atoms with E-state index in [2.05, 4.69) is 6.92 Å². The molecule has 1 nitrogen and oxygen atoms in total. The molecule has 0 atom stereocenters. The molecule has 0 saturated heterocycles. The third-order valence-electron chi connectivity index (χ3n) is 3.28. The lowest BCUT2D eigenvalue weighted by atomic mass is 9.72. The van der Waals surface area contributed by atoms with Crippen molar-refractivity contribution in [1.29, 1.82) is 0 Å². The maximum absolute atomic E-state index is 13.5. The van der Waals surface area contributed by atoms with E-state index in [0.29, 0.717) is 11.5 Å². The van der Waals surface area contributed by atoms with Crippen LogP contribution >= 0.6 is 0 Å². The number of halogens is 2. The van der Waals surface area contributed by atoms with Crippen molar-refractivity contribution in [3.05, 3.63) is 34.9 Å². The first kappa shape index (κ1) is 11.2. The normalized spacial score (nSPS) is 24.0. The van der Waals surface area contributed by atoms with Gasteiger partial charge in [0.2, 0.25) is 0 Å². The molecule has 0 amide bonds. The largest absolute Gasteiger partial charge is 0.294 e. The SMILES string of the molecule is CC(=O)c1cc(C2CC(C)C2)c(F)cc1F. The fourth-order valence-corrected chi connectivity index (χ4v) is 2.30. The number of carbonyl (C=O) groups excluding carboxylic acids is 1. The molecule has 0 aliphatic heterocycles. The Kier molecular flexibility index (Phi) is 2.78. The zero-order chi connectivity index (χ0) is 11.9. The van der Waals surface area contributed by atoms with Crippen LogP contribution in [0.15, 0.2) is 12.1 Å². The second-order valence-corrected chi connectivity index (χ2v) is 4.68. The van der Waals surface area contributed by atoms with Crippen LogP contribution in [0.4, 0.5) is 8.78 Å². The van der Waals surface area contributed by atoms with E-state index in [1.54, 1.807) is 0 Å². The quantitative estimate of drug-likeness (QED) is 0.700. The van der Waals surface area contributed by atoms with Gasteiger partial charge in [-0.3, -0.25) is 4.79 Å². The van der Waals surface area contributed by atoms with Gasteiger partial charge in [-0.05, 0) is 43.2 Å². The maximum Gasteiger partial charge on any atom is 0.162 e. The Morgan fingerprint density at radius 2 is 1.88 bits per heavy atom. The van der Waals surface area contributed by atoms with E-state index >= 15 is 0 Å². The topological polar surface area (TPSA) is 17.1 Å². The van der Waals surface area contributed by atoms with E-state index in [0.717, 1.165) is 18.9 Å². The highest BCUT2D eigenvalue weighted by atomic mass is 19.1. The number of hydrogen-bond acceptors (Lipinski definition) is 1. The van der Waals surface area contributed by atoms with E-state index < -0.39 is 11.6 Å². The molecule has 1 aliphatic rings. The minimum absolute atomic E-state index is 0.00375. The van der Waals surface area contributed by atoms with Crippen LogP contribution in [0.25, 0.3) is 0 Å². The van der Waals surface area contributed by atoms with Gasteiger partial charge in [-0.15, -0.1) is 0 Å². The van der Waals surface area contributed by atoms with Crippen LogP contribution in [-0.4, -0.2) is 5.78 Å². The highest BCUT2D eigenvalue weighted by Gasteiger charge is 2.30. The molecule has 0 N–H and O–H groups in total. The van der Waals surface area contributed by atoms with Crippen molar-refractivity contribution in [1.82, 2.24) is 0 Å². The van der Waals surface area contributed by atoms with E-state index in [1.807, 2.05) is 0 Å². The molecule has 1 saturated carbocycles. The summed E-state index contributed by atoms with van der Waals surface area (Å²) >= 11 is 0. The summed E-state index contributed by atoms with van der Waals surface area (Å²) in [6.45, 7) is 3.40. The second-order valence-electron chi connectivity index (χ2n) is 4.68. The van der Waals surface area contributed by atoms with E-state index in [9.17, 15) is 13.6 Å². The fourth-order valence-electron chi connectivity index (χ4n) is 2.30. The average molecular weight is 224 g/mol. The van der Waals surface area contributed by atoms with Crippen LogP contribution in [0, 0.1) is 17.6 Å². The lowest BCUT2D eigenvalue weighted by molar-refractivity contribution is 0.101. The van der Waals surface area contributed by atoms with Crippen molar-refractivity contribution >= 4 is 5.78 Å². The van der Waals surface area contributed by atoms with Crippen molar-refractivity contribution in [3.8, 4) is 0 Å². The van der Waals surface area contributed by atoms with Crippen molar-refractivity contribution in [3.63, 3.8) is 0 Å². The van der Waals surface area contributed by atoms with Gasteiger partial charge in [-0.1, -0.05) is 6.92 Å². The number of ketones is 1. The molecule has 0 heterocycles. The molecular weight excluding hydrogens is 210 g/mol. The predicted octanol–water partition coefficient (Wildman–Crippen LogP) is 3.68. The molecule has 0 aromatic heterocycles. The Morgan fingerprint density at radius 3 is 2.38 bits per heavy atom. The van der Waals surface area contributed by atoms with Crippen LogP contribution in [0.5, 0.6) is 0 Å². The van der Waals surface area contributed by atoms with Crippen molar-refractivity contribution < 1.29 is 13.6 Å². The van der Waals surface area contributed by atoms with Crippen LogP contribution in [0.3, 0.4) is 0 Å². The molecule has 1 aromatic carbocycles. The van der Waals surface area contributed by atoms with Gasteiger partial charge >= 0.3 is 0 Å². The minimum Gasteiger partial charge on any atom is -0.294 e. The number of rotatable bonds is 2. The van der Waals surface area contributed by atoms with Gasteiger partial charge in [0, 0.05) is 6.07 Å². The Hall–Kier alpha value is -1.25. The summed E-state index contributed by atoms with van der Waals surface area (Å²) in [6.07, 6.45) is 1.83. The highest BCUT2D eigenvalue weighted by molar-refractivity contribution is 5.94. The van der Waals surface area contributed by atoms with Crippen LogP contribution in [0.1, 0.15) is 48.5 Å². The lowest BCUT2D eigenvalue weighted by Crippen LogP contribution is -2.20. The molecule has 2 rings (SSSR count). The molecule has 1 aromatic rings. The smallest absolute Gasteiger partial charge is 0.162 e. The zero-order valence-electron chi connectivity index (χ0n) is 9.39. The van der Waals surface area contributed by atoms with E-state index in [1.165, 1.54) is 13.0 Å². The minimum atomic E-state index is -0.763. The van der Waals surface area contributed by atoms with Crippen LogP contribution < -0.4 is 0 Å². The van der Waals surface area contributed by atoms with Crippen molar-refractivity contribution in [2.24, 2.45) is 5.92 Å². The lowest BCUT2D eigenvalue weighted by Gasteiger charge is -2.33. The molecular formula is C13H14F2O. The molecule has 0 radical (unpaired) electrons. The first-order valence-electron chi connectivity index (χ1n) is 5.49. The van der Waals surface area contributed by atoms with Gasteiger partial charge in [0.15, 0.2) is 5.78 Å². The van der Waals surface area contributed by atoms with Crippen molar-refractivity contribution in [2.75, 3.05) is 0 Å². The molecule has 0 unspecified atom stereocenters. The summed E-state index contributed by atoms with van der Waals surface area (Å²) < 4.78 is 26.8. The monoisotopic (exact) mass is 224 g/mol. The zero-order valence-corrected chi connectivity index (χ0v) is 9.39. The molecule has 0 spiro atoms. The molecule has 3 heteroatoms. The molecule has 86 valence electrons. The summed E-state index contributed by atoms with van der Waals surface area (Å²) in [7, 11) is 0. The predicted molar refractivity (Wildman–Crippen MR) is 57.5 cm³/mol. The van der Waals surface area contributed by atoms with Gasteiger partial charge < -0.3 is 0 Å². The van der Waals surface area contributed by atoms with Gasteiger partial charge in [0.05, 0.1) is 5.56 Å². The number of Topliss-reactive ketones (excluding diaryl/α,β-unsaturated/α-hetero) is 1. The summed E-state index contributed by atoms with van der Waals surface area (Å²) in [5, 5.41) is 0. The Labute approximate surface area is 93.5 Å². The van der Waals surface area contributed by atoms with Crippen LogP contribution in [0.2, 0.25) is 0 Å². The van der Waals surface area contributed by atoms with E-state index in [-0.39, 0.29) is 17.3 Å². The van der Waals surface area contributed by atoms with Gasteiger partial charge in [-0.25, -0.2) is 8.78 Å². The first-order chi connectivity index (χ1) is 7.49. The summed E-state index contributed by atoms with van der Waals surface area (Å²) in [6, 6.07) is 2.21. The third-order valence-corrected chi connectivity index (χ3v) is 3.28. The van der Waals surface area contributed by atoms with Gasteiger partial charge in [0.1, 0.15) is 11.6 Å². The summed E-state index contributed by atoms with van der Waals surface area (Å²) in [5.41, 5.74) is 0.487. The summed E-state index contributed by atoms with van der Waals surface area (Å²) in [4.78, 5) is 11.2. The van der Waals surface area contributed by atoms with Crippen LogP contribution in [-0.2, 0) is 0 Å². The average Bonchev–Trinajstić information content (AvgIpc) is 2.13. The first-order valence-corrected chi connectivity index (χ1v) is 5.49. The maximum atomic E-state index is 13.5. The molecule has 1 aliphatic carbocycles. The number of hydrogen-bond donors (Lipinski definition) is 0. The Bertz CT molecular complexity index is 434. The molecule has 0 bridgehead atoms. The second kappa shape index (κ2) is 3.96. The highest BCUT2D eigenvalue weighted by Crippen LogP contribution is 2.42. The Balaban J connectivity index is 2.38.